The molecule has 0 aromatic carbocycles. The molecule has 3 N–H and O–H groups in total. The topological polar surface area (TPSA) is 72.2 Å². The molecule has 0 atom stereocenters. The summed E-state index contributed by atoms with van der Waals surface area (Å²) >= 11 is 1.53. The number of carbonyl (C=O) groups is 2. The smallest absolute Gasteiger partial charge is 0.251 e. The van der Waals surface area contributed by atoms with Gasteiger partial charge in [-0.2, -0.15) is 0 Å². The van der Waals surface area contributed by atoms with Gasteiger partial charge in [-0.1, -0.05) is 20.3 Å². The molecule has 1 aromatic rings. The van der Waals surface area contributed by atoms with Crippen LogP contribution in [0.5, 0.6) is 0 Å². The Bertz CT molecular complexity index is 520. The van der Waals surface area contributed by atoms with Crippen molar-refractivity contribution in [3.63, 3.8) is 0 Å². The first-order valence-corrected chi connectivity index (χ1v) is 8.05. The lowest BCUT2D eigenvalue weighted by Crippen LogP contribution is -2.18. The van der Waals surface area contributed by atoms with Crippen LogP contribution in [-0.4, -0.2) is 11.8 Å². The van der Waals surface area contributed by atoms with Gasteiger partial charge in [0.15, 0.2) is 0 Å². The first kappa shape index (κ1) is 15.0. The molecule has 5 heteroatoms. The number of hydrogen-bond acceptors (Lipinski definition) is 3. The van der Waals surface area contributed by atoms with Crippen LogP contribution in [0.15, 0.2) is 0 Å². The maximum Gasteiger partial charge on any atom is 0.251 e. The van der Waals surface area contributed by atoms with Crippen LogP contribution in [0.1, 0.15) is 60.3 Å². The number of hydrogen-bond donors (Lipinski definition) is 2. The fourth-order valence-corrected chi connectivity index (χ4v) is 3.95. The fourth-order valence-electron chi connectivity index (χ4n) is 2.64. The van der Waals surface area contributed by atoms with E-state index in [4.69, 9.17) is 5.73 Å². The van der Waals surface area contributed by atoms with Crippen molar-refractivity contribution in [2.75, 3.05) is 5.32 Å². The minimum absolute atomic E-state index is 0.0427. The average Bonchev–Trinajstić information content (AvgIpc) is 2.51. The van der Waals surface area contributed by atoms with Crippen molar-refractivity contribution in [2.24, 2.45) is 11.7 Å². The number of thiophene rings is 1. The Labute approximate surface area is 123 Å². The van der Waals surface area contributed by atoms with Gasteiger partial charge < -0.3 is 11.1 Å². The predicted octanol–water partition coefficient (Wildman–Crippen LogP) is 3.10. The molecule has 20 heavy (non-hydrogen) atoms. The van der Waals surface area contributed by atoms with E-state index in [0.29, 0.717) is 22.9 Å². The molecule has 0 unspecified atom stereocenters. The van der Waals surface area contributed by atoms with Crippen molar-refractivity contribution in [2.45, 2.75) is 52.4 Å². The predicted molar refractivity (Wildman–Crippen MR) is 82.2 cm³/mol. The second-order valence-electron chi connectivity index (χ2n) is 5.78. The first-order chi connectivity index (χ1) is 9.49. The number of nitrogens with one attached hydrogen (secondary N) is 1. The number of carbonyl (C=O) groups excluding carboxylic acids is 2. The lowest BCUT2D eigenvalue weighted by atomic mass is 10.0. The highest BCUT2D eigenvalue weighted by Gasteiger charge is 2.24. The molecule has 1 aliphatic carbocycles. The van der Waals surface area contributed by atoms with Crippen LogP contribution in [0.4, 0.5) is 5.00 Å². The van der Waals surface area contributed by atoms with Gasteiger partial charge >= 0.3 is 0 Å². The monoisotopic (exact) mass is 294 g/mol. The summed E-state index contributed by atoms with van der Waals surface area (Å²) in [7, 11) is 0. The fraction of sp³-hybridized carbons (Fsp3) is 0.600. The summed E-state index contributed by atoms with van der Waals surface area (Å²) in [4.78, 5) is 24.9. The molecule has 1 aromatic heterocycles. The van der Waals surface area contributed by atoms with Gasteiger partial charge in [0.05, 0.1) is 5.56 Å². The molecule has 0 bridgehead atoms. The van der Waals surface area contributed by atoms with Gasteiger partial charge in [-0.3, -0.25) is 9.59 Å². The highest BCUT2D eigenvalue weighted by atomic mass is 32.1. The summed E-state index contributed by atoms with van der Waals surface area (Å²) in [5.41, 5.74) is 7.14. The van der Waals surface area contributed by atoms with E-state index >= 15 is 0 Å². The zero-order chi connectivity index (χ0) is 14.7. The van der Waals surface area contributed by atoms with Gasteiger partial charge in [0.25, 0.3) is 5.91 Å². The number of nitrogens with two attached hydrogens (primary N) is 1. The van der Waals surface area contributed by atoms with Crippen LogP contribution in [0.25, 0.3) is 0 Å². The Morgan fingerprint density at radius 1 is 1.25 bits per heavy atom. The van der Waals surface area contributed by atoms with E-state index in [1.807, 2.05) is 13.8 Å². The minimum atomic E-state index is -0.427. The lowest BCUT2D eigenvalue weighted by molar-refractivity contribution is -0.116. The molecule has 0 aliphatic heterocycles. The molecule has 0 saturated carbocycles. The van der Waals surface area contributed by atoms with Crippen LogP contribution in [0, 0.1) is 5.92 Å². The van der Waals surface area contributed by atoms with Crippen molar-refractivity contribution in [1.82, 2.24) is 0 Å². The van der Waals surface area contributed by atoms with E-state index in [0.717, 1.165) is 31.2 Å². The second kappa shape index (κ2) is 6.39. The summed E-state index contributed by atoms with van der Waals surface area (Å²) in [6.45, 7) is 4.00. The molecule has 4 nitrogen and oxygen atoms in total. The Morgan fingerprint density at radius 2 is 1.95 bits per heavy atom. The Morgan fingerprint density at radius 3 is 2.60 bits per heavy atom. The minimum Gasteiger partial charge on any atom is -0.365 e. The van der Waals surface area contributed by atoms with E-state index in [1.54, 1.807) is 0 Å². The van der Waals surface area contributed by atoms with Crippen molar-refractivity contribution < 1.29 is 9.59 Å². The van der Waals surface area contributed by atoms with Gasteiger partial charge in [0.2, 0.25) is 5.91 Å². The highest BCUT2D eigenvalue weighted by molar-refractivity contribution is 7.17. The Hall–Kier alpha value is -1.36. The van der Waals surface area contributed by atoms with Crippen molar-refractivity contribution in [3.8, 4) is 0 Å². The van der Waals surface area contributed by atoms with Crippen LogP contribution < -0.4 is 11.1 Å². The third kappa shape index (κ3) is 3.39. The average molecular weight is 294 g/mol. The normalized spacial score (nSPS) is 14.8. The van der Waals surface area contributed by atoms with Crippen LogP contribution >= 0.6 is 11.3 Å². The molecule has 1 aliphatic rings. The van der Waals surface area contributed by atoms with Gasteiger partial charge in [0, 0.05) is 11.3 Å². The lowest BCUT2D eigenvalue weighted by Gasteiger charge is -2.07. The zero-order valence-electron chi connectivity index (χ0n) is 12.1. The van der Waals surface area contributed by atoms with Crippen molar-refractivity contribution in [3.05, 3.63) is 16.0 Å². The molecule has 0 fully saturated rings. The third-order valence-corrected chi connectivity index (χ3v) is 4.72. The number of amides is 2. The molecule has 0 saturated heterocycles. The van der Waals surface area contributed by atoms with Crippen molar-refractivity contribution >= 4 is 28.2 Å². The molecule has 0 spiro atoms. The number of aryl methyl sites for hydroxylation is 1. The van der Waals surface area contributed by atoms with Gasteiger partial charge in [-0.25, -0.2) is 0 Å². The molecule has 110 valence electrons. The van der Waals surface area contributed by atoms with Gasteiger partial charge in [-0.15, -0.1) is 11.3 Å². The molecular formula is C15H22N2O2S. The Balaban J connectivity index is 2.28. The highest BCUT2D eigenvalue weighted by Crippen LogP contribution is 2.37. The number of primary amides is 1. The zero-order valence-corrected chi connectivity index (χ0v) is 12.9. The van der Waals surface area contributed by atoms with E-state index in [1.165, 1.54) is 22.6 Å². The summed E-state index contributed by atoms with van der Waals surface area (Å²) in [6, 6.07) is 0. The molecular weight excluding hydrogens is 272 g/mol. The quantitative estimate of drug-likeness (QED) is 0.837. The number of rotatable bonds is 4. The van der Waals surface area contributed by atoms with Gasteiger partial charge in [0.1, 0.15) is 5.00 Å². The largest absolute Gasteiger partial charge is 0.365 e. The summed E-state index contributed by atoms with van der Waals surface area (Å²) < 4.78 is 0. The SMILES string of the molecule is CC(C)CC(=O)Nc1sc2c(c1C(N)=O)CCCCC2. The molecule has 2 amide bonds. The van der Waals surface area contributed by atoms with Crippen LogP contribution in [-0.2, 0) is 17.6 Å². The molecule has 1 heterocycles. The van der Waals surface area contributed by atoms with E-state index in [-0.39, 0.29) is 5.91 Å². The summed E-state index contributed by atoms with van der Waals surface area (Å²) in [6.07, 6.45) is 5.76. The third-order valence-electron chi connectivity index (χ3n) is 3.51. The maximum absolute atomic E-state index is 11.9. The molecule has 2 rings (SSSR count). The first-order valence-electron chi connectivity index (χ1n) is 7.23. The maximum atomic E-state index is 11.9. The van der Waals surface area contributed by atoms with E-state index in [2.05, 4.69) is 5.32 Å². The van der Waals surface area contributed by atoms with Crippen LogP contribution in [0.3, 0.4) is 0 Å². The van der Waals surface area contributed by atoms with Crippen LogP contribution in [0.2, 0.25) is 0 Å². The second-order valence-corrected chi connectivity index (χ2v) is 6.88. The standard InChI is InChI=1S/C15H22N2O2S/c1-9(2)8-12(18)17-15-13(14(16)19)10-6-4-3-5-7-11(10)20-15/h9H,3-8H2,1-2H3,(H2,16,19)(H,17,18). The molecule has 0 radical (unpaired) electrons. The van der Waals surface area contributed by atoms with Gasteiger partial charge in [-0.05, 0) is 37.2 Å². The van der Waals surface area contributed by atoms with E-state index < -0.39 is 5.91 Å². The number of anilines is 1. The van der Waals surface area contributed by atoms with E-state index in [9.17, 15) is 9.59 Å². The van der Waals surface area contributed by atoms with Crippen molar-refractivity contribution in [1.29, 1.82) is 0 Å². The number of fused-ring (bicyclic) bond motifs is 1. The Kier molecular flexibility index (Phi) is 4.81. The summed E-state index contributed by atoms with van der Waals surface area (Å²) in [5, 5.41) is 3.53. The summed E-state index contributed by atoms with van der Waals surface area (Å²) in [5.74, 6) is -0.173.